The van der Waals surface area contributed by atoms with Crippen molar-refractivity contribution in [1.29, 1.82) is 0 Å². The number of thioether (sulfide) groups is 1. The Balaban J connectivity index is 2.11. The number of ether oxygens (including phenoxy) is 1. The lowest BCUT2D eigenvalue weighted by Crippen LogP contribution is -2.44. The zero-order valence-corrected chi connectivity index (χ0v) is 9.05. The molecule has 0 radical (unpaired) electrons. The monoisotopic (exact) mass is 205 g/mol. The highest BCUT2D eigenvalue weighted by Gasteiger charge is 2.18. The normalized spacial score (nSPS) is 24.9. The molecule has 1 aliphatic rings. The number of hydrogen-bond acceptors (Lipinski definition) is 4. The van der Waals surface area contributed by atoms with Crippen LogP contribution in [0.4, 0.5) is 0 Å². The van der Waals surface area contributed by atoms with E-state index in [1.165, 1.54) is 12.2 Å². The summed E-state index contributed by atoms with van der Waals surface area (Å²) in [5, 5.41) is 8.92. The standard InChI is InChI=1S/C9H19NO2S/c1-13-6-2-3-10-4-5-12-9(7-10)8-11/h9,11H,2-8H2,1H3. The van der Waals surface area contributed by atoms with Crippen molar-refractivity contribution in [3.63, 3.8) is 0 Å². The van der Waals surface area contributed by atoms with Crippen molar-refractivity contribution in [2.24, 2.45) is 0 Å². The average Bonchev–Trinajstić information content (AvgIpc) is 2.19. The highest BCUT2D eigenvalue weighted by atomic mass is 32.2. The van der Waals surface area contributed by atoms with Crippen molar-refractivity contribution in [3.05, 3.63) is 0 Å². The molecular weight excluding hydrogens is 186 g/mol. The van der Waals surface area contributed by atoms with Gasteiger partial charge >= 0.3 is 0 Å². The maximum absolute atomic E-state index is 8.92. The van der Waals surface area contributed by atoms with Crippen LogP contribution >= 0.6 is 11.8 Å². The Labute approximate surface area is 84.4 Å². The van der Waals surface area contributed by atoms with Crippen LogP contribution in [0.5, 0.6) is 0 Å². The van der Waals surface area contributed by atoms with Gasteiger partial charge in [0.05, 0.1) is 19.3 Å². The zero-order chi connectivity index (χ0) is 9.52. The first-order chi connectivity index (χ1) is 6.36. The molecular formula is C9H19NO2S. The molecule has 0 aromatic heterocycles. The molecule has 3 nitrogen and oxygen atoms in total. The summed E-state index contributed by atoms with van der Waals surface area (Å²) >= 11 is 1.89. The Bertz CT molecular complexity index is 135. The maximum atomic E-state index is 8.92. The van der Waals surface area contributed by atoms with Crippen LogP contribution in [-0.4, -0.2) is 61.0 Å². The number of morpholine rings is 1. The van der Waals surface area contributed by atoms with Gasteiger partial charge < -0.3 is 9.84 Å². The molecule has 1 unspecified atom stereocenters. The minimum absolute atomic E-state index is 0.0445. The number of rotatable bonds is 5. The van der Waals surface area contributed by atoms with E-state index >= 15 is 0 Å². The van der Waals surface area contributed by atoms with Gasteiger partial charge in [0, 0.05) is 13.1 Å². The van der Waals surface area contributed by atoms with Crippen LogP contribution in [0.1, 0.15) is 6.42 Å². The van der Waals surface area contributed by atoms with E-state index in [0.29, 0.717) is 0 Å². The molecule has 4 heteroatoms. The second kappa shape index (κ2) is 6.65. The molecule has 0 bridgehead atoms. The molecule has 78 valence electrons. The second-order valence-corrected chi connectivity index (χ2v) is 4.31. The van der Waals surface area contributed by atoms with Crippen LogP contribution in [0.3, 0.4) is 0 Å². The molecule has 1 aliphatic heterocycles. The Morgan fingerprint density at radius 2 is 2.46 bits per heavy atom. The molecule has 1 saturated heterocycles. The van der Waals surface area contributed by atoms with E-state index in [9.17, 15) is 0 Å². The smallest absolute Gasteiger partial charge is 0.0932 e. The summed E-state index contributed by atoms with van der Waals surface area (Å²) in [7, 11) is 0. The zero-order valence-electron chi connectivity index (χ0n) is 8.24. The van der Waals surface area contributed by atoms with E-state index in [1.54, 1.807) is 0 Å². The van der Waals surface area contributed by atoms with Gasteiger partial charge in [-0.2, -0.15) is 11.8 Å². The molecule has 1 heterocycles. The minimum Gasteiger partial charge on any atom is -0.394 e. The van der Waals surface area contributed by atoms with E-state index in [0.717, 1.165) is 26.2 Å². The van der Waals surface area contributed by atoms with Crippen LogP contribution in [0.15, 0.2) is 0 Å². The van der Waals surface area contributed by atoms with Crippen molar-refractivity contribution in [2.45, 2.75) is 12.5 Å². The maximum Gasteiger partial charge on any atom is 0.0932 e. The molecule has 1 atom stereocenters. The Morgan fingerprint density at radius 3 is 3.15 bits per heavy atom. The Hall–Kier alpha value is 0.230. The van der Waals surface area contributed by atoms with Crippen molar-refractivity contribution in [1.82, 2.24) is 4.90 Å². The van der Waals surface area contributed by atoms with Crippen LogP contribution in [0.2, 0.25) is 0 Å². The van der Waals surface area contributed by atoms with Gasteiger partial charge in [0.15, 0.2) is 0 Å². The third-order valence-corrected chi connectivity index (χ3v) is 2.95. The fraction of sp³-hybridized carbons (Fsp3) is 1.00. The lowest BCUT2D eigenvalue weighted by Gasteiger charge is -2.31. The predicted octanol–water partition coefficient (Wildman–Crippen LogP) is 0.433. The van der Waals surface area contributed by atoms with Crippen molar-refractivity contribution in [3.8, 4) is 0 Å². The van der Waals surface area contributed by atoms with Gasteiger partial charge in [0.1, 0.15) is 0 Å². The number of aliphatic hydroxyl groups excluding tert-OH is 1. The van der Waals surface area contributed by atoms with E-state index in [4.69, 9.17) is 9.84 Å². The van der Waals surface area contributed by atoms with E-state index < -0.39 is 0 Å². The van der Waals surface area contributed by atoms with Crippen molar-refractivity contribution >= 4 is 11.8 Å². The molecule has 0 amide bonds. The van der Waals surface area contributed by atoms with Crippen LogP contribution in [-0.2, 0) is 4.74 Å². The third-order valence-electron chi connectivity index (χ3n) is 2.25. The summed E-state index contributed by atoms with van der Waals surface area (Å²) < 4.78 is 5.37. The van der Waals surface area contributed by atoms with Crippen LogP contribution in [0, 0.1) is 0 Å². The fourth-order valence-electron chi connectivity index (χ4n) is 1.53. The summed E-state index contributed by atoms with van der Waals surface area (Å²) in [6, 6.07) is 0. The molecule has 13 heavy (non-hydrogen) atoms. The van der Waals surface area contributed by atoms with Gasteiger partial charge in [0.2, 0.25) is 0 Å². The summed E-state index contributed by atoms with van der Waals surface area (Å²) in [6.07, 6.45) is 3.41. The van der Waals surface area contributed by atoms with E-state index in [-0.39, 0.29) is 12.7 Å². The highest BCUT2D eigenvalue weighted by molar-refractivity contribution is 7.98. The molecule has 0 aliphatic carbocycles. The first-order valence-electron chi connectivity index (χ1n) is 4.80. The average molecular weight is 205 g/mol. The number of aliphatic hydroxyl groups is 1. The summed E-state index contributed by atoms with van der Waals surface area (Å²) in [5.74, 6) is 1.22. The molecule has 1 N–H and O–H groups in total. The van der Waals surface area contributed by atoms with Gasteiger partial charge in [-0.3, -0.25) is 4.90 Å². The third kappa shape index (κ3) is 4.31. The van der Waals surface area contributed by atoms with Crippen molar-refractivity contribution < 1.29 is 9.84 Å². The van der Waals surface area contributed by atoms with Gasteiger partial charge in [0.25, 0.3) is 0 Å². The number of nitrogens with zero attached hydrogens (tertiary/aromatic N) is 1. The molecule has 1 fully saturated rings. The van der Waals surface area contributed by atoms with Gasteiger partial charge in [-0.05, 0) is 25.0 Å². The predicted molar refractivity (Wildman–Crippen MR) is 56.3 cm³/mol. The molecule has 0 aromatic rings. The summed E-state index contributed by atoms with van der Waals surface area (Å²) in [6.45, 7) is 3.97. The van der Waals surface area contributed by atoms with Crippen LogP contribution < -0.4 is 0 Å². The lowest BCUT2D eigenvalue weighted by molar-refractivity contribution is -0.0524. The molecule has 0 saturated carbocycles. The van der Waals surface area contributed by atoms with Gasteiger partial charge in [-0.25, -0.2) is 0 Å². The van der Waals surface area contributed by atoms with E-state index in [1.807, 2.05) is 11.8 Å². The fourth-order valence-corrected chi connectivity index (χ4v) is 1.94. The topological polar surface area (TPSA) is 32.7 Å². The Kier molecular flexibility index (Phi) is 5.78. The highest BCUT2D eigenvalue weighted by Crippen LogP contribution is 2.06. The molecule has 1 rings (SSSR count). The van der Waals surface area contributed by atoms with Gasteiger partial charge in [-0.15, -0.1) is 0 Å². The Morgan fingerprint density at radius 1 is 1.62 bits per heavy atom. The number of hydrogen-bond donors (Lipinski definition) is 1. The SMILES string of the molecule is CSCCCN1CCOC(CO)C1. The second-order valence-electron chi connectivity index (χ2n) is 3.32. The van der Waals surface area contributed by atoms with E-state index in [2.05, 4.69) is 11.2 Å². The molecule has 0 spiro atoms. The minimum atomic E-state index is 0.0445. The van der Waals surface area contributed by atoms with Crippen LogP contribution in [0.25, 0.3) is 0 Å². The summed E-state index contributed by atoms with van der Waals surface area (Å²) in [5.41, 5.74) is 0. The first-order valence-corrected chi connectivity index (χ1v) is 6.20. The lowest BCUT2D eigenvalue weighted by atomic mass is 10.2. The largest absolute Gasteiger partial charge is 0.394 e. The summed E-state index contributed by atoms with van der Waals surface area (Å²) in [4.78, 5) is 2.38. The molecule has 0 aromatic carbocycles. The quantitative estimate of drug-likeness (QED) is 0.660. The van der Waals surface area contributed by atoms with Gasteiger partial charge in [-0.1, -0.05) is 0 Å². The first kappa shape index (κ1) is 11.3. The van der Waals surface area contributed by atoms with Crippen molar-refractivity contribution in [2.75, 3.05) is 44.9 Å².